The summed E-state index contributed by atoms with van der Waals surface area (Å²) < 4.78 is 11.7. The van der Waals surface area contributed by atoms with Crippen molar-refractivity contribution < 1.29 is 28.8 Å². The fourth-order valence-corrected chi connectivity index (χ4v) is 4.87. The van der Waals surface area contributed by atoms with Crippen LogP contribution in [-0.2, 0) is 4.79 Å². The van der Waals surface area contributed by atoms with Crippen molar-refractivity contribution in [2.45, 2.75) is 12.1 Å². The quantitative estimate of drug-likeness (QED) is 0.195. The second-order valence-corrected chi connectivity index (χ2v) is 9.07. The molecule has 0 saturated carbocycles. The Kier molecular flexibility index (Phi) is 5.71. The predicted octanol–water partition coefficient (Wildman–Crippen LogP) is 4.13. The number of non-ortho nitro benzene ring substituents is 1. The molecule has 0 aromatic heterocycles. The number of nitrogens with zero attached hydrogens (tertiary/aromatic N) is 3. The third-order valence-corrected chi connectivity index (χ3v) is 6.85. The smallest absolute Gasteiger partial charge is 0.270 e. The van der Waals surface area contributed by atoms with E-state index in [4.69, 9.17) is 9.47 Å². The van der Waals surface area contributed by atoms with Gasteiger partial charge >= 0.3 is 0 Å². The maximum absolute atomic E-state index is 13.6. The minimum Gasteiger partial charge on any atom is -0.497 e. The Morgan fingerprint density at radius 2 is 1.53 bits per heavy atom. The van der Waals surface area contributed by atoms with E-state index in [1.165, 1.54) is 25.2 Å². The lowest BCUT2D eigenvalue weighted by molar-refractivity contribution is -0.384. The fourth-order valence-electron chi connectivity index (χ4n) is 4.61. The van der Waals surface area contributed by atoms with Gasteiger partial charge in [-0.05, 0) is 48.5 Å². The zero-order valence-corrected chi connectivity index (χ0v) is 20.6. The molecule has 36 heavy (non-hydrogen) atoms. The van der Waals surface area contributed by atoms with Crippen molar-refractivity contribution >= 4 is 45.0 Å². The molecule has 5 rings (SSSR count). The van der Waals surface area contributed by atoms with Crippen LogP contribution in [-0.4, -0.2) is 47.8 Å². The highest BCUT2D eigenvalue weighted by Crippen LogP contribution is 2.47. The molecule has 0 radical (unpaired) electrons. The van der Waals surface area contributed by atoms with Gasteiger partial charge in [0.25, 0.3) is 23.4 Å². The van der Waals surface area contributed by atoms with Gasteiger partial charge in [0, 0.05) is 27.9 Å². The van der Waals surface area contributed by atoms with E-state index in [0.29, 0.717) is 22.7 Å². The molecule has 2 aliphatic heterocycles. The first kappa shape index (κ1) is 23.5. The van der Waals surface area contributed by atoms with Crippen LogP contribution in [0.3, 0.4) is 0 Å². The van der Waals surface area contributed by atoms with Crippen molar-refractivity contribution in [2.24, 2.45) is 0 Å². The Morgan fingerprint density at radius 3 is 2.17 bits per heavy atom. The summed E-state index contributed by atoms with van der Waals surface area (Å²) >= 11 is 3.38. The van der Waals surface area contributed by atoms with Crippen LogP contribution < -0.4 is 14.4 Å². The number of amides is 3. The summed E-state index contributed by atoms with van der Waals surface area (Å²) in [6, 6.07) is 13.6. The van der Waals surface area contributed by atoms with Crippen LogP contribution in [0.5, 0.6) is 11.5 Å². The van der Waals surface area contributed by atoms with Crippen molar-refractivity contribution in [1.29, 1.82) is 0 Å². The number of nitro benzene ring substituents is 1. The Labute approximate surface area is 213 Å². The molecular weight excluding hydrogens is 534 g/mol. The molecule has 11 heteroatoms. The van der Waals surface area contributed by atoms with Gasteiger partial charge in [-0.2, -0.15) is 0 Å². The van der Waals surface area contributed by atoms with Gasteiger partial charge in [-0.1, -0.05) is 15.9 Å². The molecule has 3 aromatic rings. The van der Waals surface area contributed by atoms with Crippen LogP contribution >= 0.6 is 15.9 Å². The van der Waals surface area contributed by atoms with Gasteiger partial charge in [0.05, 0.1) is 36.3 Å². The molecule has 0 spiro atoms. The summed E-state index contributed by atoms with van der Waals surface area (Å²) in [5, 5.41) is 11.2. The van der Waals surface area contributed by atoms with Crippen LogP contribution in [0.2, 0.25) is 0 Å². The first-order valence-electron chi connectivity index (χ1n) is 10.7. The highest BCUT2D eigenvalue weighted by molar-refractivity contribution is 9.10. The molecule has 0 aliphatic carbocycles. The number of hydrogen-bond acceptors (Lipinski definition) is 7. The summed E-state index contributed by atoms with van der Waals surface area (Å²) in [4.78, 5) is 53.2. The first-order chi connectivity index (χ1) is 17.3. The van der Waals surface area contributed by atoms with E-state index in [2.05, 4.69) is 15.9 Å². The normalized spacial score (nSPS) is 18.7. The molecule has 2 atom stereocenters. The molecule has 10 nitrogen and oxygen atoms in total. The monoisotopic (exact) mass is 551 g/mol. The summed E-state index contributed by atoms with van der Waals surface area (Å²) in [7, 11) is 2.98. The number of fused-ring (bicyclic) bond motifs is 1. The van der Waals surface area contributed by atoms with Crippen LogP contribution in [0.25, 0.3) is 0 Å². The molecule has 3 amide bonds. The SMILES string of the molecule is COc1ccc(OC)c([C@H]2[C@H](N3C(=O)c4ccc([N+](=O)[O-])cc4C3=O)C(=O)N2c2ccc(Br)cc2)c1. The number of carbonyl (C=O) groups is 3. The summed E-state index contributed by atoms with van der Waals surface area (Å²) in [6.07, 6.45) is 0. The van der Waals surface area contributed by atoms with Gasteiger partial charge in [0.2, 0.25) is 0 Å². The van der Waals surface area contributed by atoms with E-state index >= 15 is 0 Å². The van der Waals surface area contributed by atoms with E-state index in [1.54, 1.807) is 42.5 Å². The molecule has 2 aliphatic rings. The van der Waals surface area contributed by atoms with Crippen molar-refractivity contribution in [3.63, 3.8) is 0 Å². The first-order valence-corrected chi connectivity index (χ1v) is 11.5. The molecule has 0 N–H and O–H groups in total. The number of anilines is 1. The second-order valence-electron chi connectivity index (χ2n) is 8.15. The van der Waals surface area contributed by atoms with E-state index in [-0.39, 0.29) is 16.8 Å². The van der Waals surface area contributed by atoms with Crippen LogP contribution in [0, 0.1) is 10.1 Å². The van der Waals surface area contributed by atoms with Crippen molar-refractivity contribution in [3.05, 3.63) is 91.9 Å². The van der Waals surface area contributed by atoms with E-state index in [9.17, 15) is 24.5 Å². The highest BCUT2D eigenvalue weighted by atomic mass is 79.9. The third-order valence-electron chi connectivity index (χ3n) is 6.32. The average molecular weight is 552 g/mol. The van der Waals surface area contributed by atoms with E-state index in [1.807, 2.05) is 0 Å². The van der Waals surface area contributed by atoms with Crippen molar-refractivity contribution in [1.82, 2.24) is 4.90 Å². The molecule has 1 saturated heterocycles. The van der Waals surface area contributed by atoms with Crippen molar-refractivity contribution in [2.75, 3.05) is 19.1 Å². The summed E-state index contributed by atoms with van der Waals surface area (Å²) in [5.41, 5.74) is 0.671. The number of ether oxygens (including phenoxy) is 2. The van der Waals surface area contributed by atoms with Crippen LogP contribution in [0.4, 0.5) is 11.4 Å². The van der Waals surface area contributed by atoms with Gasteiger partial charge in [-0.15, -0.1) is 0 Å². The molecule has 0 bridgehead atoms. The number of benzene rings is 3. The lowest BCUT2D eigenvalue weighted by atomic mass is 9.85. The number of imide groups is 1. The zero-order chi connectivity index (χ0) is 25.7. The molecule has 3 aromatic carbocycles. The number of halogens is 1. The van der Waals surface area contributed by atoms with Crippen molar-refractivity contribution in [3.8, 4) is 11.5 Å². The van der Waals surface area contributed by atoms with Gasteiger partial charge in [0.15, 0.2) is 0 Å². The number of methoxy groups -OCH3 is 2. The maximum atomic E-state index is 13.6. The molecule has 182 valence electrons. The van der Waals surface area contributed by atoms with Gasteiger partial charge in [-0.25, -0.2) is 0 Å². The van der Waals surface area contributed by atoms with Gasteiger partial charge in [-0.3, -0.25) is 29.4 Å². The summed E-state index contributed by atoms with van der Waals surface area (Å²) in [6.45, 7) is 0. The largest absolute Gasteiger partial charge is 0.497 e. The standard InChI is InChI=1S/C25H18BrN3O7/c1-35-16-8-10-20(36-2)19(12-16)21-22(25(32)27(21)14-5-3-13(26)4-6-14)28-23(30)17-9-7-15(29(33)34)11-18(17)24(28)31/h3-12,21-22H,1-2H3/t21-,22-/m0/s1. The number of nitro groups is 1. The molecule has 1 fully saturated rings. The predicted molar refractivity (Wildman–Crippen MR) is 131 cm³/mol. The number of carbonyl (C=O) groups excluding carboxylic acids is 3. The lowest BCUT2D eigenvalue weighted by Gasteiger charge is -2.50. The lowest BCUT2D eigenvalue weighted by Crippen LogP contribution is -2.67. The average Bonchev–Trinajstić information content (AvgIpc) is 3.12. The van der Waals surface area contributed by atoms with Gasteiger partial charge < -0.3 is 14.4 Å². The number of rotatable bonds is 6. The number of β-lactam (4-membered cyclic amide) rings is 1. The Balaban J connectivity index is 1.63. The van der Waals surface area contributed by atoms with Crippen LogP contribution in [0.1, 0.15) is 32.3 Å². The Hall–Kier alpha value is -4.25. The van der Waals surface area contributed by atoms with E-state index in [0.717, 1.165) is 21.5 Å². The van der Waals surface area contributed by atoms with Gasteiger partial charge in [0.1, 0.15) is 17.5 Å². The van der Waals surface area contributed by atoms with E-state index < -0.39 is 34.7 Å². The Morgan fingerprint density at radius 1 is 0.833 bits per heavy atom. The molecule has 2 heterocycles. The molecular formula is C25H18BrN3O7. The van der Waals surface area contributed by atoms with Crippen LogP contribution in [0.15, 0.2) is 65.1 Å². The Bertz CT molecular complexity index is 1440. The zero-order valence-electron chi connectivity index (χ0n) is 19.0. The number of hydrogen-bond donors (Lipinski definition) is 0. The minimum absolute atomic E-state index is 0.0110. The maximum Gasteiger partial charge on any atom is 0.270 e. The third kappa shape index (κ3) is 3.51. The second kappa shape index (κ2) is 8.76. The minimum atomic E-state index is -1.19. The topological polar surface area (TPSA) is 119 Å². The fraction of sp³-hybridized carbons (Fsp3) is 0.160. The highest BCUT2D eigenvalue weighted by Gasteiger charge is 2.58. The molecule has 0 unspecified atom stereocenters. The summed E-state index contributed by atoms with van der Waals surface area (Å²) in [5.74, 6) is -0.994.